The van der Waals surface area contributed by atoms with Crippen molar-refractivity contribution in [2.24, 2.45) is 0 Å². The van der Waals surface area contributed by atoms with Crippen molar-refractivity contribution in [2.75, 3.05) is 7.11 Å². The summed E-state index contributed by atoms with van der Waals surface area (Å²) in [5, 5.41) is 0. The van der Waals surface area contributed by atoms with Crippen molar-refractivity contribution in [3.8, 4) is 5.75 Å². The van der Waals surface area contributed by atoms with E-state index in [-0.39, 0.29) is 0 Å². The van der Waals surface area contributed by atoms with Crippen LogP contribution >= 0.6 is 0 Å². The Morgan fingerprint density at radius 2 is 1.80 bits per heavy atom. The molecule has 15 heavy (non-hydrogen) atoms. The summed E-state index contributed by atoms with van der Waals surface area (Å²) >= 11 is 0. The van der Waals surface area contributed by atoms with Gasteiger partial charge in [-0.1, -0.05) is 6.08 Å². The van der Waals surface area contributed by atoms with E-state index in [9.17, 15) is 0 Å². The van der Waals surface area contributed by atoms with Gasteiger partial charge in [-0.2, -0.15) is 0 Å². The normalized spacial score (nSPS) is 15.3. The Hall–Kier alpha value is -1.24. The van der Waals surface area contributed by atoms with E-state index < -0.39 is 0 Å². The van der Waals surface area contributed by atoms with Gasteiger partial charge in [-0.05, 0) is 67.5 Å². The van der Waals surface area contributed by atoms with Gasteiger partial charge in [0.2, 0.25) is 0 Å². The minimum Gasteiger partial charge on any atom is -0.496 e. The molecule has 0 radical (unpaired) electrons. The molecule has 0 fully saturated rings. The molecule has 1 aliphatic carbocycles. The lowest BCUT2D eigenvalue weighted by atomic mass is 9.99. The zero-order chi connectivity index (χ0) is 10.8. The predicted octanol–water partition coefficient (Wildman–Crippen LogP) is 3.88. The van der Waals surface area contributed by atoms with Crippen molar-refractivity contribution in [1.29, 1.82) is 0 Å². The number of rotatable bonds is 2. The van der Waals surface area contributed by atoms with E-state index in [0.717, 1.165) is 5.75 Å². The monoisotopic (exact) mass is 202 g/mol. The Balaban J connectivity index is 2.43. The highest BCUT2D eigenvalue weighted by Gasteiger charge is 2.10. The number of hydrogen-bond acceptors (Lipinski definition) is 1. The van der Waals surface area contributed by atoms with Crippen LogP contribution in [0.1, 0.15) is 36.0 Å². The molecule has 0 amide bonds. The highest BCUT2D eigenvalue weighted by Crippen LogP contribution is 2.32. The molecule has 0 heterocycles. The van der Waals surface area contributed by atoms with E-state index in [0.29, 0.717) is 0 Å². The molecule has 0 aromatic heterocycles. The Bertz CT molecular complexity index is 379. The summed E-state index contributed by atoms with van der Waals surface area (Å²) in [5.41, 5.74) is 5.35. The molecule has 0 saturated carbocycles. The van der Waals surface area contributed by atoms with Crippen LogP contribution in [0.5, 0.6) is 5.75 Å². The zero-order valence-electron chi connectivity index (χ0n) is 9.76. The van der Waals surface area contributed by atoms with Gasteiger partial charge in [-0.15, -0.1) is 0 Å². The van der Waals surface area contributed by atoms with E-state index in [1.807, 2.05) is 0 Å². The van der Waals surface area contributed by atoms with Crippen LogP contribution in [0, 0.1) is 13.8 Å². The Kier molecular flexibility index (Phi) is 2.81. The fourth-order valence-electron chi connectivity index (χ4n) is 2.39. The number of allylic oxidation sites excluding steroid dienone is 2. The topological polar surface area (TPSA) is 9.23 Å². The van der Waals surface area contributed by atoms with E-state index in [1.54, 1.807) is 7.11 Å². The maximum Gasteiger partial charge on any atom is 0.124 e. The molecule has 0 saturated heterocycles. The molecule has 1 aromatic rings. The van der Waals surface area contributed by atoms with Gasteiger partial charge in [0.15, 0.2) is 0 Å². The fraction of sp³-hybridized carbons (Fsp3) is 0.429. The lowest BCUT2D eigenvalue weighted by molar-refractivity contribution is 0.408. The van der Waals surface area contributed by atoms with Crippen molar-refractivity contribution in [2.45, 2.75) is 33.1 Å². The maximum absolute atomic E-state index is 5.37. The van der Waals surface area contributed by atoms with Crippen molar-refractivity contribution in [3.63, 3.8) is 0 Å². The summed E-state index contributed by atoms with van der Waals surface area (Å²) < 4.78 is 5.37. The smallest absolute Gasteiger partial charge is 0.124 e. The van der Waals surface area contributed by atoms with Crippen LogP contribution in [0.15, 0.2) is 18.2 Å². The lowest BCUT2D eigenvalue weighted by Crippen LogP contribution is -1.93. The zero-order valence-corrected chi connectivity index (χ0v) is 9.76. The van der Waals surface area contributed by atoms with Crippen LogP contribution < -0.4 is 4.74 Å². The second-order valence-electron chi connectivity index (χ2n) is 4.26. The SMILES string of the molecule is COc1c(C)cc(C2=CCCC2)cc1C. The predicted molar refractivity (Wildman–Crippen MR) is 64.3 cm³/mol. The van der Waals surface area contributed by atoms with Crippen molar-refractivity contribution < 1.29 is 4.74 Å². The van der Waals surface area contributed by atoms with Gasteiger partial charge >= 0.3 is 0 Å². The van der Waals surface area contributed by atoms with Crippen molar-refractivity contribution in [1.82, 2.24) is 0 Å². The van der Waals surface area contributed by atoms with Gasteiger partial charge in [0.25, 0.3) is 0 Å². The van der Waals surface area contributed by atoms with Gasteiger partial charge in [-0.25, -0.2) is 0 Å². The first kappa shape index (κ1) is 10.3. The standard InChI is InChI=1S/C14H18O/c1-10-8-13(12-6-4-5-7-12)9-11(2)14(10)15-3/h6,8-9H,4-5,7H2,1-3H3. The molecule has 2 rings (SSSR count). The summed E-state index contributed by atoms with van der Waals surface area (Å²) in [6, 6.07) is 4.48. The number of aryl methyl sites for hydroxylation is 2. The third-order valence-electron chi connectivity index (χ3n) is 3.08. The van der Waals surface area contributed by atoms with Crippen LogP contribution in [0.4, 0.5) is 0 Å². The van der Waals surface area contributed by atoms with Gasteiger partial charge in [0, 0.05) is 0 Å². The van der Waals surface area contributed by atoms with E-state index in [2.05, 4.69) is 32.1 Å². The van der Waals surface area contributed by atoms with Crippen LogP contribution in [0.2, 0.25) is 0 Å². The minimum atomic E-state index is 1.03. The summed E-state index contributed by atoms with van der Waals surface area (Å²) in [6.45, 7) is 4.23. The molecular formula is C14H18O. The first-order valence-corrected chi connectivity index (χ1v) is 5.57. The second kappa shape index (κ2) is 4.09. The molecule has 1 nitrogen and oxygen atoms in total. The highest BCUT2D eigenvalue weighted by molar-refractivity contribution is 5.69. The largest absolute Gasteiger partial charge is 0.496 e. The van der Waals surface area contributed by atoms with Crippen LogP contribution in [-0.4, -0.2) is 7.11 Å². The molecular weight excluding hydrogens is 184 g/mol. The molecule has 0 N–H and O–H groups in total. The third kappa shape index (κ3) is 1.92. The second-order valence-corrected chi connectivity index (χ2v) is 4.26. The summed E-state index contributed by atoms with van der Waals surface area (Å²) in [5.74, 6) is 1.03. The molecule has 1 heteroatoms. The average Bonchev–Trinajstić information content (AvgIpc) is 2.69. The lowest BCUT2D eigenvalue weighted by Gasteiger charge is -2.11. The van der Waals surface area contributed by atoms with E-state index in [4.69, 9.17) is 4.74 Å². The Morgan fingerprint density at radius 3 is 2.27 bits per heavy atom. The first-order chi connectivity index (χ1) is 7.22. The summed E-state index contributed by atoms with van der Waals surface area (Å²) in [7, 11) is 1.74. The number of ether oxygens (including phenoxy) is 1. The molecule has 80 valence electrons. The Morgan fingerprint density at radius 1 is 1.13 bits per heavy atom. The molecule has 1 aliphatic rings. The van der Waals surface area contributed by atoms with Gasteiger partial charge < -0.3 is 4.74 Å². The summed E-state index contributed by atoms with van der Waals surface area (Å²) in [4.78, 5) is 0. The molecule has 0 unspecified atom stereocenters. The van der Waals surface area contributed by atoms with E-state index >= 15 is 0 Å². The molecule has 0 aliphatic heterocycles. The quantitative estimate of drug-likeness (QED) is 0.707. The van der Waals surface area contributed by atoms with Crippen LogP contribution in [-0.2, 0) is 0 Å². The molecule has 0 atom stereocenters. The third-order valence-corrected chi connectivity index (χ3v) is 3.08. The van der Waals surface area contributed by atoms with Gasteiger partial charge in [0.05, 0.1) is 7.11 Å². The Labute approximate surface area is 91.8 Å². The van der Waals surface area contributed by atoms with Gasteiger partial charge in [-0.3, -0.25) is 0 Å². The molecule has 0 spiro atoms. The minimum absolute atomic E-state index is 1.03. The maximum atomic E-state index is 5.37. The number of methoxy groups -OCH3 is 1. The first-order valence-electron chi connectivity index (χ1n) is 5.57. The summed E-state index contributed by atoms with van der Waals surface area (Å²) in [6.07, 6.45) is 6.13. The van der Waals surface area contributed by atoms with Crippen LogP contribution in [0.3, 0.4) is 0 Å². The average molecular weight is 202 g/mol. The van der Waals surface area contributed by atoms with Crippen molar-refractivity contribution in [3.05, 3.63) is 34.9 Å². The molecule has 1 aromatic carbocycles. The number of hydrogen-bond donors (Lipinski definition) is 0. The highest BCUT2D eigenvalue weighted by atomic mass is 16.5. The van der Waals surface area contributed by atoms with Crippen molar-refractivity contribution >= 4 is 5.57 Å². The fourth-order valence-corrected chi connectivity index (χ4v) is 2.39. The van der Waals surface area contributed by atoms with Gasteiger partial charge in [0.1, 0.15) is 5.75 Å². The van der Waals surface area contributed by atoms with Crippen LogP contribution in [0.25, 0.3) is 5.57 Å². The van der Waals surface area contributed by atoms with E-state index in [1.165, 1.54) is 41.5 Å². The molecule has 0 bridgehead atoms. The number of benzene rings is 1.